The summed E-state index contributed by atoms with van der Waals surface area (Å²) >= 11 is 0. The van der Waals surface area contributed by atoms with Gasteiger partial charge in [0.1, 0.15) is 0 Å². The Balaban J connectivity index is 0.000000419. The third-order valence-electron chi connectivity index (χ3n) is 1.22. The summed E-state index contributed by atoms with van der Waals surface area (Å²) in [6.45, 7) is 4.10. The summed E-state index contributed by atoms with van der Waals surface area (Å²) in [6, 6.07) is 0. The van der Waals surface area contributed by atoms with Gasteiger partial charge < -0.3 is 9.72 Å². The average Bonchev–Trinajstić information content (AvgIpc) is 2.73. The van der Waals surface area contributed by atoms with Crippen LogP contribution in [-0.2, 0) is 9.53 Å². The summed E-state index contributed by atoms with van der Waals surface area (Å²) in [5.74, 6) is -1.40. The molecule has 1 heterocycles. The number of carbonyl (C=O) groups is 1. The van der Waals surface area contributed by atoms with Crippen LogP contribution in [0.5, 0.6) is 0 Å². The van der Waals surface area contributed by atoms with E-state index >= 15 is 0 Å². The predicted molar refractivity (Wildman–Crippen MR) is 50.4 cm³/mol. The maximum Gasteiger partial charge on any atom is 0.457 e. The second kappa shape index (κ2) is 6.66. The summed E-state index contributed by atoms with van der Waals surface area (Å²) in [5.41, 5.74) is -0.290. The average molecular weight is 254 g/mol. The van der Waals surface area contributed by atoms with Crippen molar-refractivity contribution in [3.8, 4) is 0 Å². The fourth-order valence-corrected chi connectivity index (χ4v) is 0.477. The molecule has 0 amide bonds. The SMILES string of the molecule is C=C(C)C(=O)OC(F)C(F)(F)F.c1c[nH]cn1. The van der Waals surface area contributed by atoms with Gasteiger partial charge in [-0.1, -0.05) is 6.58 Å². The monoisotopic (exact) mass is 254 g/mol. The van der Waals surface area contributed by atoms with Gasteiger partial charge in [-0.05, 0) is 6.92 Å². The molecule has 0 saturated heterocycles. The summed E-state index contributed by atoms with van der Waals surface area (Å²) in [7, 11) is 0. The second-order valence-corrected chi connectivity index (χ2v) is 2.80. The van der Waals surface area contributed by atoms with E-state index in [4.69, 9.17) is 0 Å². The summed E-state index contributed by atoms with van der Waals surface area (Å²) in [6.07, 6.45) is -3.67. The van der Waals surface area contributed by atoms with Crippen LogP contribution in [0.25, 0.3) is 0 Å². The van der Waals surface area contributed by atoms with Gasteiger partial charge in [0, 0.05) is 18.0 Å². The number of nitrogens with one attached hydrogen (secondary N) is 1. The largest absolute Gasteiger partial charge is 0.457 e. The molecule has 1 unspecified atom stereocenters. The molecule has 1 aromatic rings. The topological polar surface area (TPSA) is 55.0 Å². The number of alkyl halides is 4. The number of aromatic amines is 1. The first-order chi connectivity index (χ1) is 7.75. The Kier molecular flexibility index (Phi) is 5.94. The molecule has 1 aromatic heterocycles. The number of nitrogens with zero attached hydrogens (tertiary/aromatic N) is 1. The first-order valence-corrected chi connectivity index (χ1v) is 4.25. The van der Waals surface area contributed by atoms with Gasteiger partial charge in [0.25, 0.3) is 0 Å². The van der Waals surface area contributed by atoms with Crippen LogP contribution in [0.15, 0.2) is 30.9 Å². The van der Waals surface area contributed by atoms with Crippen LogP contribution in [0.1, 0.15) is 6.92 Å². The Morgan fingerprint density at radius 2 is 2.12 bits per heavy atom. The molecule has 0 fully saturated rings. The Labute approximate surface area is 94.3 Å². The van der Waals surface area contributed by atoms with Gasteiger partial charge in [-0.3, -0.25) is 0 Å². The molecule has 0 saturated carbocycles. The lowest BCUT2D eigenvalue weighted by Gasteiger charge is -2.12. The van der Waals surface area contributed by atoms with Crippen molar-refractivity contribution in [3.05, 3.63) is 30.9 Å². The van der Waals surface area contributed by atoms with Crippen LogP contribution < -0.4 is 0 Å². The molecule has 0 spiro atoms. The highest BCUT2D eigenvalue weighted by Gasteiger charge is 2.43. The zero-order valence-corrected chi connectivity index (χ0v) is 8.79. The van der Waals surface area contributed by atoms with Gasteiger partial charge in [-0.15, -0.1) is 0 Å². The molecule has 0 aromatic carbocycles. The van der Waals surface area contributed by atoms with Gasteiger partial charge in [0.05, 0.1) is 6.33 Å². The van der Waals surface area contributed by atoms with Crippen molar-refractivity contribution in [3.63, 3.8) is 0 Å². The summed E-state index contributed by atoms with van der Waals surface area (Å²) < 4.78 is 49.4. The maximum absolute atomic E-state index is 11.9. The Morgan fingerprint density at radius 1 is 1.53 bits per heavy atom. The highest BCUT2D eigenvalue weighted by Crippen LogP contribution is 2.24. The smallest absolute Gasteiger partial charge is 0.418 e. The van der Waals surface area contributed by atoms with E-state index in [0.717, 1.165) is 6.92 Å². The molecule has 0 aliphatic carbocycles. The maximum atomic E-state index is 11.9. The van der Waals surface area contributed by atoms with E-state index in [9.17, 15) is 22.4 Å². The van der Waals surface area contributed by atoms with Crippen LogP contribution in [0.4, 0.5) is 17.6 Å². The van der Waals surface area contributed by atoms with Crippen LogP contribution >= 0.6 is 0 Å². The number of H-pyrrole nitrogens is 1. The molecule has 1 N–H and O–H groups in total. The number of imidazole rings is 1. The number of hydrogen-bond donors (Lipinski definition) is 1. The van der Waals surface area contributed by atoms with Gasteiger partial charge in [0.15, 0.2) is 0 Å². The summed E-state index contributed by atoms with van der Waals surface area (Å²) in [4.78, 5) is 16.8. The fourth-order valence-electron chi connectivity index (χ4n) is 0.477. The van der Waals surface area contributed by atoms with E-state index in [-0.39, 0.29) is 5.57 Å². The quantitative estimate of drug-likeness (QED) is 0.500. The third-order valence-corrected chi connectivity index (χ3v) is 1.22. The van der Waals surface area contributed by atoms with Gasteiger partial charge in [-0.25, -0.2) is 9.78 Å². The van der Waals surface area contributed by atoms with Crippen molar-refractivity contribution in [2.45, 2.75) is 19.5 Å². The number of hydrogen-bond acceptors (Lipinski definition) is 3. The summed E-state index contributed by atoms with van der Waals surface area (Å²) in [5, 5.41) is 0. The van der Waals surface area contributed by atoms with Crippen molar-refractivity contribution in [2.24, 2.45) is 0 Å². The lowest BCUT2D eigenvalue weighted by Crippen LogP contribution is -2.29. The zero-order valence-electron chi connectivity index (χ0n) is 8.79. The molecular formula is C9H10F4N2O2. The highest BCUT2D eigenvalue weighted by atomic mass is 19.4. The lowest BCUT2D eigenvalue weighted by atomic mass is 10.4. The third kappa shape index (κ3) is 7.09. The first-order valence-electron chi connectivity index (χ1n) is 4.25. The molecular weight excluding hydrogens is 244 g/mol. The molecule has 8 heteroatoms. The minimum absolute atomic E-state index is 0.290. The van der Waals surface area contributed by atoms with Gasteiger partial charge >= 0.3 is 18.5 Å². The first kappa shape index (κ1) is 15.1. The van der Waals surface area contributed by atoms with Crippen molar-refractivity contribution in [1.82, 2.24) is 9.97 Å². The minimum atomic E-state index is -5.18. The number of ether oxygens (including phenoxy) is 1. The fraction of sp³-hybridized carbons (Fsp3) is 0.333. The molecule has 96 valence electrons. The highest BCUT2D eigenvalue weighted by molar-refractivity contribution is 5.87. The van der Waals surface area contributed by atoms with E-state index in [0.29, 0.717) is 0 Å². The molecule has 17 heavy (non-hydrogen) atoms. The molecule has 4 nitrogen and oxygen atoms in total. The van der Waals surface area contributed by atoms with Crippen LogP contribution in [0, 0.1) is 0 Å². The van der Waals surface area contributed by atoms with Crippen LogP contribution in [0.2, 0.25) is 0 Å². The molecule has 0 aliphatic heterocycles. The van der Waals surface area contributed by atoms with E-state index in [1.165, 1.54) is 0 Å². The second-order valence-electron chi connectivity index (χ2n) is 2.80. The van der Waals surface area contributed by atoms with E-state index in [1.54, 1.807) is 18.7 Å². The number of aromatic nitrogens is 2. The lowest BCUT2D eigenvalue weighted by molar-refractivity contribution is -0.256. The Morgan fingerprint density at radius 3 is 2.35 bits per heavy atom. The molecule has 1 atom stereocenters. The molecule has 0 radical (unpaired) electrons. The normalized spacial score (nSPS) is 12.1. The van der Waals surface area contributed by atoms with Crippen molar-refractivity contribution in [1.29, 1.82) is 0 Å². The standard InChI is InChI=1S/C6H6F4O2.C3H4N2/c1-3(2)4(11)12-5(7)6(8,9)10;1-2-5-3-4-1/h5H,1H2,2H3;1-3H,(H,4,5). The number of esters is 1. The zero-order chi connectivity index (χ0) is 13.5. The van der Waals surface area contributed by atoms with Crippen molar-refractivity contribution in [2.75, 3.05) is 0 Å². The number of halogens is 4. The van der Waals surface area contributed by atoms with Crippen molar-refractivity contribution < 1.29 is 27.1 Å². The van der Waals surface area contributed by atoms with E-state index in [2.05, 4.69) is 21.3 Å². The Bertz CT molecular complexity index is 331. The Hall–Kier alpha value is -1.86. The van der Waals surface area contributed by atoms with Gasteiger partial charge in [0.2, 0.25) is 0 Å². The van der Waals surface area contributed by atoms with E-state index < -0.39 is 18.5 Å². The molecule has 1 rings (SSSR count). The van der Waals surface area contributed by atoms with Crippen LogP contribution in [0.3, 0.4) is 0 Å². The van der Waals surface area contributed by atoms with Crippen LogP contribution in [-0.4, -0.2) is 28.5 Å². The van der Waals surface area contributed by atoms with Gasteiger partial charge in [-0.2, -0.15) is 17.6 Å². The van der Waals surface area contributed by atoms with Crippen molar-refractivity contribution >= 4 is 5.97 Å². The number of rotatable bonds is 2. The number of carbonyl (C=O) groups excluding carboxylic acids is 1. The molecule has 0 bridgehead atoms. The molecule has 0 aliphatic rings. The minimum Gasteiger partial charge on any atom is -0.418 e. The van der Waals surface area contributed by atoms with E-state index in [1.807, 2.05) is 0 Å². The predicted octanol–water partition coefficient (Wildman–Crippen LogP) is 2.37.